The summed E-state index contributed by atoms with van der Waals surface area (Å²) in [5.74, 6) is 0.823. The van der Waals surface area contributed by atoms with E-state index in [1.165, 1.54) is 12.0 Å². The molecule has 1 heterocycles. The van der Waals surface area contributed by atoms with Crippen molar-refractivity contribution in [1.29, 1.82) is 0 Å². The number of nitrogens with zero attached hydrogens (tertiary/aromatic N) is 1. The number of rotatable bonds is 3. The molecule has 0 amide bonds. The fraction of sp³-hybridized carbons (Fsp3) is 0.400. The highest BCUT2D eigenvalue weighted by Crippen LogP contribution is 2.31. The monoisotopic (exact) mass is 322 g/mol. The quantitative estimate of drug-likeness (QED) is 0.915. The summed E-state index contributed by atoms with van der Waals surface area (Å²) < 4.78 is 6.58. The van der Waals surface area contributed by atoms with Gasteiger partial charge in [-0.1, -0.05) is 22.0 Å². The van der Waals surface area contributed by atoms with Gasteiger partial charge in [-0.3, -0.25) is 0 Å². The summed E-state index contributed by atoms with van der Waals surface area (Å²) in [6.45, 7) is 9.16. The van der Waals surface area contributed by atoms with Crippen LogP contribution in [0.4, 0.5) is 0 Å². The van der Waals surface area contributed by atoms with Gasteiger partial charge in [0.05, 0.1) is 0 Å². The van der Waals surface area contributed by atoms with Gasteiger partial charge >= 0.3 is 0 Å². The lowest BCUT2D eigenvalue weighted by atomic mass is 10.1. The van der Waals surface area contributed by atoms with Crippen LogP contribution >= 0.6 is 15.9 Å². The minimum absolute atomic E-state index is 0.0563. The molecule has 3 nitrogen and oxygen atoms in total. The Morgan fingerprint density at radius 2 is 2.05 bits per heavy atom. The number of oxazole rings is 1. The predicted octanol–water partition coefficient (Wildman–Crippen LogP) is 4.30. The van der Waals surface area contributed by atoms with Crippen LogP contribution in [0.15, 0.2) is 33.5 Å². The van der Waals surface area contributed by atoms with Crippen molar-refractivity contribution in [3.8, 4) is 11.3 Å². The van der Waals surface area contributed by atoms with Crippen LogP contribution in [-0.2, 0) is 6.54 Å². The van der Waals surface area contributed by atoms with Crippen LogP contribution in [0.25, 0.3) is 11.3 Å². The van der Waals surface area contributed by atoms with Crippen LogP contribution < -0.4 is 5.32 Å². The lowest BCUT2D eigenvalue weighted by Crippen LogP contribution is -2.35. The zero-order valence-electron chi connectivity index (χ0n) is 11.7. The van der Waals surface area contributed by atoms with E-state index >= 15 is 0 Å². The second-order valence-corrected chi connectivity index (χ2v) is 6.57. The van der Waals surface area contributed by atoms with Crippen molar-refractivity contribution in [3.63, 3.8) is 0 Å². The molecule has 2 rings (SSSR count). The molecule has 0 bridgehead atoms. The van der Waals surface area contributed by atoms with Gasteiger partial charge in [0.25, 0.3) is 0 Å². The van der Waals surface area contributed by atoms with Gasteiger partial charge in [0.1, 0.15) is 5.69 Å². The highest BCUT2D eigenvalue weighted by Gasteiger charge is 2.16. The second kappa shape index (κ2) is 5.47. The number of aryl methyl sites for hydroxylation is 1. The summed E-state index contributed by atoms with van der Waals surface area (Å²) in [5, 5.41) is 3.43. The van der Waals surface area contributed by atoms with Crippen LogP contribution in [0.3, 0.4) is 0 Å². The van der Waals surface area contributed by atoms with Gasteiger partial charge in [-0.15, -0.1) is 0 Å². The van der Waals surface area contributed by atoms with Crippen LogP contribution in [0.1, 0.15) is 32.0 Å². The van der Waals surface area contributed by atoms with Crippen molar-refractivity contribution < 1.29 is 4.42 Å². The molecule has 19 heavy (non-hydrogen) atoms. The largest absolute Gasteiger partial charge is 0.443 e. The molecule has 0 aliphatic carbocycles. The number of hydrogen-bond donors (Lipinski definition) is 1. The van der Waals surface area contributed by atoms with E-state index in [2.05, 4.69) is 72.1 Å². The maximum absolute atomic E-state index is 5.56. The van der Waals surface area contributed by atoms with Crippen LogP contribution in [-0.4, -0.2) is 10.5 Å². The van der Waals surface area contributed by atoms with Crippen LogP contribution in [0, 0.1) is 6.92 Å². The maximum Gasteiger partial charge on any atom is 0.181 e. The van der Waals surface area contributed by atoms with Crippen LogP contribution in [0.2, 0.25) is 0 Å². The molecule has 0 aliphatic heterocycles. The number of aromatic nitrogens is 1. The molecule has 1 N–H and O–H groups in total. The Kier molecular flexibility index (Phi) is 4.11. The van der Waals surface area contributed by atoms with E-state index in [0.717, 1.165) is 21.5 Å². The Morgan fingerprint density at radius 1 is 1.32 bits per heavy atom. The first-order valence-corrected chi connectivity index (χ1v) is 7.10. The van der Waals surface area contributed by atoms with Crippen molar-refractivity contribution in [3.05, 3.63) is 40.3 Å². The van der Waals surface area contributed by atoms with Gasteiger partial charge in [0, 0.05) is 22.1 Å². The molecule has 1 aromatic heterocycles. The van der Waals surface area contributed by atoms with Crippen molar-refractivity contribution in [1.82, 2.24) is 10.3 Å². The molecule has 2 aromatic rings. The normalized spacial score (nSPS) is 11.8. The van der Waals surface area contributed by atoms with Crippen molar-refractivity contribution in [2.75, 3.05) is 0 Å². The lowest BCUT2D eigenvalue weighted by Gasteiger charge is -2.19. The third-order valence-electron chi connectivity index (χ3n) is 2.80. The number of nitrogens with one attached hydrogen (secondary N) is 1. The highest BCUT2D eigenvalue weighted by molar-refractivity contribution is 9.10. The Labute approximate surface area is 122 Å². The molecule has 0 radical (unpaired) electrons. The molecule has 0 saturated heterocycles. The van der Waals surface area contributed by atoms with Gasteiger partial charge in [0.15, 0.2) is 12.2 Å². The summed E-state index contributed by atoms with van der Waals surface area (Å²) in [7, 11) is 0. The Morgan fingerprint density at radius 3 is 2.68 bits per heavy atom. The standard InChI is InChI=1S/C15H19BrN2O/c1-10-5-6-11(12(16)7-10)14-13(17-9-19-14)8-18-15(2,3)4/h5-7,9,18H,8H2,1-4H3. The SMILES string of the molecule is Cc1ccc(-c2ocnc2CNC(C)(C)C)c(Br)c1. The Balaban J connectivity index is 2.28. The van der Waals surface area contributed by atoms with Crippen molar-refractivity contribution in [2.24, 2.45) is 0 Å². The summed E-state index contributed by atoms with van der Waals surface area (Å²) in [6.07, 6.45) is 1.50. The first-order chi connectivity index (χ1) is 8.87. The van der Waals surface area contributed by atoms with E-state index in [1.807, 2.05) is 0 Å². The summed E-state index contributed by atoms with van der Waals surface area (Å²) in [5.41, 5.74) is 3.23. The van der Waals surface area contributed by atoms with E-state index < -0.39 is 0 Å². The van der Waals surface area contributed by atoms with Gasteiger partial charge in [-0.25, -0.2) is 4.98 Å². The van der Waals surface area contributed by atoms with Crippen molar-refractivity contribution in [2.45, 2.75) is 39.8 Å². The van der Waals surface area contributed by atoms with Gasteiger partial charge in [-0.05, 0) is 45.4 Å². The molecule has 1 aromatic carbocycles. The fourth-order valence-electron chi connectivity index (χ4n) is 1.77. The number of hydrogen-bond acceptors (Lipinski definition) is 3. The molecular weight excluding hydrogens is 304 g/mol. The van der Waals surface area contributed by atoms with Crippen molar-refractivity contribution >= 4 is 15.9 Å². The topological polar surface area (TPSA) is 38.1 Å². The molecule has 102 valence electrons. The van der Waals surface area contributed by atoms with E-state index in [-0.39, 0.29) is 5.54 Å². The van der Waals surface area contributed by atoms with E-state index in [0.29, 0.717) is 6.54 Å². The third kappa shape index (κ3) is 3.67. The summed E-state index contributed by atoms with van der Waals surface area (Å²) >= 11 is 3.59. The first-order valence-electron chi connectivity index (χ1n) is 6.31. The van der Waals surface area contributed by atoms with Gasteiger partial charge < -0.3 is 9.73 Å². The average Bonchev–Trinajstić information content (AvgIpc) is 2.73. The first kappa shape index (κ1) is 14.3. The lowest BCUT2D eigenvalue weighted by molar-refractivity contribution is 0.421. The van der Waals surface area contributed by atoms with Crippen LogP contribution in [0.5, 0.6) is 0 Å². The minimum atomic E-state index is 0.0563. The molecule has 0 fully saturated rings. The minimum Gasteiger partial charge on any atom is -0.443 e. The van der Waals surface area contributed by atoms with Gasteiger partial charge in [0.2, 0.25) is 0 Å². The molecule has 4 heteroatoms. The third-order valence-corrected chi connectivity index (χ3v) is 3.45. The number of halogens is 1. The predicted molar refractivity (Wildman–Crippen MR) is 81.0 cm³/mol. The summed E-state index contributed by atoms with van der Waals surface area (Å²) in [6, 6.07) is 6.21. The molecule has 0 atom stereocenters. The van der Waals surface area contributed by atoms with E-state index in [9.17, 15) is 0 Å². The maximum atomic E-state index is 5.56. The second-order valence-electron chi connectivity index (χ2n) is 5.72. The van der Waals surface area contributed by atoms with E-state index in [1.54, 1.807) is 0 Å². The van der Waals surface area contributed by atoms with Gasteiger partial charge in [-0.2, -0.15) is 0 Å². The fourth-order valence-corrected chi connectivity index (χ4v) is 2.44. The zero-order chi connectivity index (χ0) is 14.0. The Bertz CT molecular complexity index is 570. The van der Waals surface area contributed by atoms with E-state index in [4.69, 9.17) is 4.42 Å². The molecule has 0 aliphatic rings. The molecule has 0 spiro atoms. The highest BCUT2D eigenvalue weighted by atomic mass is 79.9. The molecule has 0 saturated carbocycles. The smallest absolute Gasteiger partial charge is 0.181 e. The molecular formula is C15H19BrN2O. The number of benzene rings is 1. The Hall–Kier alpha value is -1.13. The average molecular weight is 323 g/mol. The molecule has 0 unspecified atom stereocenters. The summed E-state index contributed by atoms with van der Waals surface area (Å²) in [4.78, 5) is 4.31. The zero-order valence-corrected chi connectivity index (χ0v) is 13.3.